The molecule has 2 aromatic rings. The van der Waals surface area contributed by atoms with Crippen molar-refractivity contribution in [1.29, 1.82) is 0 Å². The summed E-state index contributed by atoms with van der Waals surface area (Å²) in [4.78, 5) is 0. The molecule has 0 saturated heterocycles. The molecule has 1 heterocycles. The van der Waals surface area contributed by atoms with E-state index in [1.54, 1.807) is 20.0 Å². The third kappa shape index (κ3) is 2.85. The second-order valence-corrected chi connectivity index (χ2v) is 4.45. The third-order valence-corrected chi connectivity index (χ3v) is 3.00. The maximum Gasteiger partial charge on any atom is 0.419 e. The first kappa shape index (κ1) is 14.6. The first-order valence-electron chi connectivity index (χ1n) is 5.92. The zero-order valence-corrected chi connectivity index (χ0v) is 10.9. The minimum atomic E-state index is -4.72. The Balaban J connectivity index is 2.46. The second kappa shape index (κ2) is 5.28. The lowest BCUT2D eigenvalue weighted by Gasteiger charge is -2.17. The molecule has 2 nitrogen and oxygen atoms in total. The molecular weight excluding hydrogens is 274 g/mol. The van der Waals surface area contributed by atoms with Gasteiger partial charge in [0, 0.05) is 5.56 Å². The van der Waals surface area contributed by atoms with Gasteiger partial charge in [-0.3, -0.25) is 0 Å². The number of benzene rings is 1. The van der Waals surface area contributed by atoms with Crippen molar-refractivity contribution in [3.63, 3.8) is 0 Å². The van der Waals surface area contributed by atoms with Crippen LogP contribution in [0.4, 0.5) is 17.6 Å². The van der Waals surface area contributed by atoms with Gasteiger partial charge in [0.15, 0.2) is 0 Å². The number of nitrogens with one attached hydrogen (secondary N) is 1. The van der Waals surface area contributed by atoms with E-state index in [0.29, 0.717) is 16.9 Å². The van der Waals surface area contributed by atoms with Gasteiger partial charge in [0.25, 0.3) is 0 Å². The highest BCUT2D eigenvalue weighted by Crippen LogP contribution is 2.34. The Kier molecular flexibility index (Phi) is 3.85. The van der Waals surface area contributed by atoms with Gasteiger partial charge in [-0.1, -0.05) is 6.07 Å². The summed E-state index contributed by atoms with van der Waals surface area (Å²) in [6.07, 6.45) is -3.25. The van der Waals surface area contributed by atoms with E-state index in [1.165, 1.54) is 12.3 Å². The molecule has 0 aliphatic heterocycles. The molecule has 2 rings (SSSR count). The largest absolute Gasteiger partial charge is 0.469 e. The summed E-state index contributed by atoms with van der Waals surface area (Å²) >= 11 is 0. The Morgan fingerprint density at radius 2 is 1.85 bits per heavy atom. The van der Waals surface area contributed by atoms with Gasteiger partial charge in [0.2, 0.25) is 0 Å². The van der Waals surface area contributed by atoms with E-state index in [1.807, 2.05) is 0 Å². The molecule has 0 aliphatic rings. The summed E-state index contributed by atoms with van der Waals surface area (Å²) in [6.45, 7) is 1.74. The van der Waals surface area contributed by atoms with Crippen LogP contribution in [0.2, 0.25) is 0 Å². The Hall–Kier alpha value is -1.82. The number of alkyl halides is 3. The van der Waals surface area contributed by atoms with Gasteiger partial charge in [0.05, 0.1) is 17.9 Å². The van der Waals surface area contributed by atoms with Crippen LogP contribution in [0, 0.1) is 12.7 Å². The van der Waals surface area contributed by atoms with Crippen molar-refractivity contribution >= 4 is 0 Å². The summed E-state index contributed by atoms with van der Waals surface area (Å²) in [5.74, 6) is -0.627. The van der Waals surface area contributed by atoms with E-state index in [4.69, 9.17) is 4.42 Å². The van der Waals surface area contributed by atoms with Gasteiger partial charge in [-0.25, -0.2) is 4.39 Å². The summed E-state index contributed by atoms with van der Waals surface area (Å²) in [5, 5.41) is 2.90. The molecular formula is C14H13F4NO. The summed E-state index contributed by atoms with van der Waals surface area (Å²) < 4.78 is 56.6. The molecule has 1 N–H and O–H groups in total. The highest BCUT2D eigenvalue weighted by Gasteiger charge is 2.34. The fourth-order valence-corrected chi connectivity index (χ4v) is 2.08. The molecule has 1 aromatic heterocycles. The van der Waals surface area contributed by atoms with E-state index in [-0.39, 0.29) is 0 Å². The van der Waals surface area contributed by atoms with Crippen LogP contribution in [0.1, 0.15) is 28.5 Å². The van der Waals surface area contributed by atoms with E-state index >= 15 is 0 Å². The number of furan rings is 1. The fraction of sp³-hybridized carbons (Fsp3) is 0.286. The predicted octanol–water partition coefficient (Wildman–Crippen LogP) is 4.05. The lowest BCUT2D eigenvalue weighted by Crippen LogP contribution is -2.18. The number of aryl methyl sites for hydroxylation is 1. The first-order chi connectivity index (χ1) is 9.32. The standard InChI is InChI=1S/C14H13F4NO/c1-8-5-10(7-20-8)13(19-2)9-3-4-12(15)11(6-9)14(16,17)18/h3-7,13,19H,1-2H3. The van der Waals surface area contributed by atoms with Crippen molar-refractivity contribution in [2.45, 2.75) is 19.1 Å². The zero-order valence-electron chi connectivity index (χ0n) is 10.9. The summed E-state index contributed by atoms with van der Waals surface area (Å²) in [6, 6.07) is 4.20. The van der Waals surface area contributed by atoms with E-state index < -0.39 is 23.6 Å². The maximum absolute atomic E-state index is 13.3. The molecule has 0 amide bonds. The molecule has 0 saturated carbocycles. The molecule has 0 fully saturated rings. The van der Waals surface area contributed by atoms with Crippen molar-refractivity contribution in [2.24, 2.45) is 0 Å². The van der Waals surface area contributed by atoms with Crippen LogP contribution in [0.25, 0.3) is 0 Å². The number of halogens is 4. The minimum absolute atomic E-state index is 0.321. The lowest BCUT2D eigenvalue weighted by molar-refractivity contribution is -0.140. The first-order valence-corrected chi connectivity index (χ1v) is 5.92. The average Bonchev–Trinajstić information content (AvgIpc) is 2.77. The maximum atomic E-state index is 13.3. The molecule has 1 atom stereocenters. The lowest BCUT2D eigenvalue weighted by atomic mass is 9.98. The molecule has 6 heteroatoms. The normalized spacial score (nSPS) is 13.5. The SMILES string of the molecule is CNC(c1coc(C)c1)c1ccc(F)c(C(F)(F)F)c1. The van der Waals surface area contributed by atoms with Crippen LogP contribution in [-0.4, -0.2) is 7.05 Å². The molecule has 1 aromatic carbocycles. The minimum Gasteiger partial charge on any atom is -0.469 e. The van der Waals surface area contributed by atoms with Gasteiger partial charge >= 0.3 is 6.18 Å². The second-order valence-electron chi connectivity index (χ2n) is 4.45. The Labute approximate surface area is 113 Å². The van der Waals surface area contributed by atoms with E-state index in [2.05, 4.69) is 5.32 Å². The van der Waals surface area contributed by atoms with Gasteiger partial charge in [-0.2, -0.15) is 13.2 Å². The zero-order chi connectivity index (χ0) is 14.9. The van der Waals surface area contributed by atoms with Crippen LogP contribution >= 0.6 is 0 Å². The Morgan fingerprint density at radius 3 is 2.35 bits per heavy atom. The molecule has 0 spiro atoms. The quantitative estimate of drug-likeness (QED) is 0.861. The summed E-state index contributed by atoms with van der Waals surface area (Å²) in [7, 11) is 1.61. The van der Waals surface area contributed by atoms with Crippen LogP contribution in [0.5, 0.6) is 0 Å². The highest BCUT2D eigenvalue weighted by molar-refractivity contribution is 5.35. The Morgan fingerprint density at radius 1 is 1.15 bits per heavy atom. The smallest absolute Gasteiger partial charge is 0.419 e. The summed E-state index contributed by atoms with van der Waals surface area (Å²) in [5.41, 5.74) is -0.262. The topological polar surface area (TPSA) is 25.2 Å². The molecule has 1 unspecified atom stereocenters. The predicted molar refractivity (Wildman–Crippen MR) is 65.7 cm³/mol. The van der Waals surface area contributed by atoms with Gasteiger partial charge < -0.3 is 9.73 Å². The van der Waals surface area contributed by atoms with Crippen molar-refractivity contribution in [1.82, 2.24) is 5.32 Å². The van der Waals surface area contributed by atoms with Gasteiger partial charge in [-0.05, 0) is 37.7 Å². The van der Waals surface area contributed by atoms with E-state index in [9.17, 15) is 17.6 Å². The van der Waals surface area contributed by atoms with Gasteiger partial charge in [0.1, 0.15) is 11.6 Å². The monoisotopic (exact) mass is 287 g/mol. The van der Waals surface area contributed by atoms with Crippen LogP contribution in [0.3, 0.4) is 0 Å². The van der Waals surface area contributed by atoms with Gasteiger partial charge in [-0.15, -0.1) is 0 Å². The molecule has 0 bridgehead atoms. The number of rotatable bonds is 3. The highest BCUT2D eigenvalue weighted by atomic mass is 19.4. The van der Waals surface area contributed by atoms with Crippen molar-refractivity contribution in [2.75, 3.05) is 7.05 Å². The van der Waals surface area contributed by atoms with Crippen molar-refractivity contribution in [3.8, 4) is 0 Å². The fourth-order valence-electron chi connectivity index (χ4n) is 2.08. The number of hydrogen-bond acceptors (Lipinski definition) is 2. The Bertz CT molecular complexity index is 603. The van der Waals surface area contributed by atoms with Crippen LogP contribution in [0.15, 0.2) is 34.9 Å². The molecule has 108 valence electrons. The van der Waals surface area contributed by atoms with Crippen molar-refractivity contribution < 1.29 is 22.0 Å². The molecule has 0 aliphatic carbocycles. The molecule has 0 radical (unpaired) electrons. The van der Waals surface area contributed by atoms with Crippen molar-refractivity contribution in [3.05, 3.63) is 58.8 Å². The molecule has 20 heavy (non-hydrogen) atoms. The van der Waals surface area contributed by atoms with Crippen LogP contribution < -0.4 is 5.32 Å². The third-order valence-electron chi connectivity index (χ3n) is 3.00. The number of hydrogen-bond donors (Lipinski definition) is 1. The van der Waals surface area contributed by atoms with E-state index in [0.717, 1.165) is 12.1 Å². The average molecular weight is 287 g/mol. The van der Waals surface area contributed by atoms with Crippen LogP contribution in [-0.2, 0) is 6.18 Å².